The van der Waals surface area contributed by atoms with Gasteiger partial charge in [-0.3, -0.25) is 0 Å². The minimum absolute atomic E-state index is 1.15. The molecule has 0 amide bonds. The van der Waals surface area contributed by atoms with Crippen LogP contribution < -0.4 is 0 Å². The van der Waals surface area contributed by atoms with Crippen LogP contribution in [0.15, 0.2) is 0 Å². The molecule has 1 heteroatoms. The molecule has 0 nitrogen and oxygen atoms in total. The van der Waals surface area contributed by atoms with Crippen molar-refractivity contribution in [2.75, 3.05) is 0 Å². The predicted octanol–water partition coefficient (Wildman–Crippen LogP) is 4.16. The average molecular weight is 259 g/mol. The zero-order valence-corrected chi connectivity index (χ0v) is 9.71. The molecule has 10 saturated heterocycles. The summed E-state index contributed by atoms with van der Waals surface area (Å²) in [4.78, 5) is 0. The zero-order valence-electron chi connectivity index (χ0n) is 7.97. The molecule has 0 aromatic rings. The van der Waals surface area contributed by atoms with Crippen molar-refractivity contribution in [3.63, 3.8) is 0 Å². The number of fused-ring (bicyclic) bond motifs is 10. The zero-order chi connectivity index (χ0) is 7.94. The van der Waals surface area contributed by atoms with Crippen molar-refractivity contribution < 1.29 is 7.72 Å². The molecule has 0 N–H and O–H groups in total. The first-order valence-electron chi connectivity index (χ1n) is 6.15. The molecule has 10 aliphatic heterocycles. The second-order valence-corrected chi connectivity index (χ2v) is 47.9. The van der Waals surface area contributed by atoms with Crippen LogP contribution in [0.1, 0.15) is 13.8 Å². The molecule has 4 atom stereocenters. The molecule has 0 aromatic heterocycles. The number of rotatable bonds is 0. The Morgan fingerprint density at radius 2 is 1.08 bits per heavy atom. The van der Waals surface area contributed by atoms with Crippen LogP contribution in [0.4, 0.5) is 0 Å². The summed E-state index contributed by atoms with van der Waals surface area (Å²) in [5.41, 5.74) is 0. The van der Waals surface area contributed by atoms with Crippen molar-refractivity contribution in [3.8, 4) is 0 Å². The Kier molecular flexibility index (Phi) is 0.0835. The van der Waals surface area contributed by atoms with Gasteiger partial charge in [0, 0.05) is 0 Å². The van der Waals surface area contributed by atoms with Crippen molar-refractivity contribution in [3.05, 3.63) is 0 Å². The molecule has 10 heterocycles. The Bertz CT molecular complexity index is 815. The molecule has 10 aliphatic rings. The molecule has 0 bridgehead atoms. The predicted molar refractivity (Wildman–Crippen MR) is 46.7 cm³/mol. The molecule has 70 valence electrons. The van der Waals surface area contributed by atoms with Gasteiger partial charge in [0.1, 0.15) is 0 Å². The molecule has 13 heavy (non-hydrogen) atoms. The van der Waals surface area contributed by atoms with E-state index in [2.05, 4.69) is 13.8 Å². The van der Waals surface area contributed by atoms with Crippen LogP contribution in [-0.2, 0) is 7.72 Å². The Labute approximate surface area is 65.8 Å². The van der Waals surface area contributed by atoms with E-state index in [4.69, 9.17) is 0 Å². The summed E-state index contributed by atoms with van der Waals surface area (Å²) in [6.45, 7) is 5.67. The van der Waals surface area contributed by atoms with Crippen molar-refractivity contribution in [2.24, 2.45) is 0 Å². The van der Waals surface area contributed by atoms with Crippen LogP contribution in [0, 0.1) is 0 Å². The summed E-state index contributed by atoms with van der Waals surface area (Å²) < 4.78 is 14.6. The fourth-order valence-electron chi connectivity index (χ4n) is 18.7. The number of hydrogen-bond donors (Lipinski definition) is 0. The van der Waals surface area contributed by atoms with E-state index in [-0.39, 0.29) is 0 Å². The first kappa shape index (κ1) is 4.24. The van der Waals surface area contributed by atoms with E-state index in [0.29, 0.717) is 0 Å². The summed E-state index contributed by atoms with van der Waals surface area (Å²) in [6, 6.07) is 0. The molecule has 10 fully saturated rings. The monoisotopic (exact) mass is 260 g/mol. The van der Waals surface area contributed by atoms with Gasteiger partial charge in [-0.1, -0.05) is 0 Å². The third-order valence-electron chi connectivity index (χ3n) is 16.5. The Balaban J connectivity index is 2.20. The van der Waals surface area contributed by atoms with Crippen LogP contribution in [0.5, 0.6) is 0 Å². The van der Waals surface area contributed by atoms with Gasteiger partial charge in [-0.15, -0.1) is 0 Å². The second kappa shape index (κ2) is 0.256. The normalized spacial score (nSPS) is 158. The maximum absolute atomic E-state index is 2.89. The van der Waals surface area contributed by atoms with E-state index in [1.54, 1.807) is 27.1 Å². The summed E-state index contributed by atoms with van der Waals surface area (Å²) in [5, 5.41) is 0. The fourth-order valence-corrected chi connectivity index (χ4v) is 158. The average Bonchev–Trinajstić information content (AvgIpc) is 3.02. The van der Waals surface area contributed by atoms with Crippen molar-refractivity contribution in [1.29, 1.82) is 0 Å². The minimum atomic E-state index is -2.89. The third kappa shape index (κ3) is 0.0275. The van der Waals surface area contributed by atoms with Gasteiger partial charge in [-0.2, -0.15) is 0 Å². The van der Waals surface area contributed by atoms with Gasteiger partial charge in [0.05, 0.1) is 0 Å². The quantitative estimate of drug-likeness (QED) is 0.573. The van der Waals surface area contributed by atoms with E-state index in [1.807, 2.05) is 0 Å². The van der Waals surface area contributed by atoms with Crippen molar-refractivity contribution >= 4 is 0 Å². The Morgan fingerprint density at radius 3 is 1.08 bits per heavy atom. The fraction of sp³-hybridized carbons (Fsp3) is 1.00. The van der Waals surface area contributed by atoms with Gasteiger partial charge < -0.3 is 0 Å². The third-order valence-corrected chi connectivity index (χ3v) is 88.2. The molecule has 0 saturated carbocycles. The summed E-state index contributed by atoms with van der Waals surface area (Å²) in [5.74, 6) is 0. The standard InChI is InChI=1S/C7H9.C5H5.Ru/c1-6-4-3-5-7(6)2;1-2-4-5-3-1;/h3-5H,1-2H3;1-5H;. The van der Waals surface area contributed by atoms with E-state index in [9.17, 15) is 0 Å². The summed E-state index contributed by atoms with van der Waals surface area (Å²) in [6.07, 6.45) is 0. The molecular formula is C12H14Ru. The van der Waals surface area contributed by atoms with Gasteiger partial charge in [0.15, 0.2) is 0 Å². The summed E-state index contributed by atoms with van der Waals surface area (Å²) in [7, 11) is -2.89. The van der Waals surface area contributed by atoms with E-state index in [1.165, 1.54) is 9.02 Å². The molecule has 4 unspecified atom stereocenters. The molecule has 0 aliphatic carbocycles. The topological polar surface area (TPSA) is 0 Å². The van der Waals surface area contributed by atoms with E-state index < -0.39 is 7.72 Å². The van der Waals surface area contributed by atoms with Gasteiger partial charge in [-0.05, 0) is 0 Å². The molecule has 10 rings (SSSR count). The van der Waals surface area contributed by atoms with Crippen LogP contribution in [0.3, 0.4) is 0 Å². The van der Waals surface area contributed by atoms with Crippen molar-refractivity contribution in [1.82, 2.24) is 0 Å². The van der Waals surface area contributed by atoms with Crippen LogP contribution >= 0.6 is 0 Å². The van der Waals surface area contributed by atoms with Crippen LogP contribution in [0.25, 0.3) is 0 Å². The van der Waals surface area contributed by atoms with Gasteiger partial charge in [-0.25, -0.2) is 0 Å². The second-order valence-electron chi connectivity index (χ2n) is 10.5. The molecule has 0 aromatic carbocycles. The van der Waals surface area contributed by atoms with Gasteiger partial charge in [0.2, 0.25) is 0 Å². The number of hydrogen-bond acceptors (Lipinski definition) is 0. The SMILES string of the molecule is C[C]12[CH]3[CH]4[CH]5[C]1(C)[Ru]43521678[CH]2[CH]1[CH]6[CH]7[CH]28. The molecule has 1 spiro atoms. The first-order valence-corrected chi connectivity index (χ1v) is 15.9. The Hall–Kier alpha value is 0.623. The van der Waals surface area contributed by atoms with E-state index in [0.717, 1.165) is 8.02 Å². The van der Waals surface area contributed by atoms with Crippen LogP contribution in [0.2, 0.25) is 44.1 Å². The van der Waals surface area contributed by atoms with Crippen LogP contribution in [-0.4, -0.2) is 0 Å². The molecule has 0 radical (unpaired) electrons. The first-order chi connectivity index (χ1) is 5.94. The maximum atomic E-state index is 2.83. The molecular weight excluding hydrogens is 245 g/mol. The Morgan fingerprint density at radius 1 is 0.692 bits per heavy atom. The summed E-state index contributed by atoms with van der Waals surface area (Å²) >= 11 is 0. The van der Waals surface area contributed by atoms with Gasteiger partial charge >= 0.3 is 65.7 Å². The van der Waals surface area contributed by atoms with Gasteiger partial charge in [0.25, 0.3) is 0 Å². The van der Waals surface area contributed by atoms with E-state index >= 15 is 0 Å². The van der Waals surface area contributed by atoms with Crippen molar-refractivity contribution in [2.45, 2.75) is 58.0 Å².